The molecular weight excluding hydrogens is 362 g/mol. The number of hydrogen-bond acceptors (Lipinski definition) is 4. The van der Waals surface area contributed by atoms with E-state index in [-0.39, 0.29) is 11.6 Å². The Morgan fingerprint density at radius 1 is 1.19 bits per heavy atom. The minimum absolute atomic E-state index is 0.217. The molecule has 1 unspecified atom stereocenters. The Hall–Kier alpha value is -2.79. The zero-order chi connectivity index (χ0) is 18.6. The van der Waals surface area contributed by atoms with Gasteiger partial charge in [0.2, 0.25) is 0 Å². The Bertz CT molecular complexity index is 926. The van der Waals surface area contributed by atoms with Gasteiger partial charge in [-0.1, -0.05) is 47.1 Å². The largest absolute Gasteiger partial charge is 0.371 e. The van der Waals surface area contributed by atoms with Gasteiger partial charge < -0.3 is 14.7 Å². The van der Waals surface area contributed by atoms with E-state index in [4.69, 9.17) is 16.1 Å². The van der Waals surface area contributed by atoms with Gasteiger partial charge in [0.1, 0.15) is 0 Å². The summed E-state index contributed by atoms with van der Waals surface area (Å²) >= 11 is 6.00. The number of nitrogens with zero attached hydrogens (tertiary/aromatic N) is 2. The number of hydrogen-bond donors (Lipinski definition) is 1. The summed E-state index contributed by atoms with van der Waals surface area (Å²) in [7, 11) is 0. The van der Waals surface area contributed by atoms with E-state index in [9.17, 15) is 4.79 Å². The number of carbonyl (C=O) groups is 1. The lowest BCUT2D eigenvalue weighted by atomic mass is 10.1. The fourth-order valence-electron chi connectivity index (χ4n) is 3.36. The predicted octanol–water partition coefficient (Wildman–Crippen LogP) is 4.25. The zero-order valence-electron chi connectivity index (χ0n) is 14.8. The first-order valence-electron chi connectivity index (χ1n) is 9.00. The maximum atomic E-state index is 12.4. The maximum Gasteiger partial charge on any atom is 0.273 e. The summed E-state index contributed by atoms with van der Waals surface area (Å²) in [6.45, 7) is 2.58. The normalized spacial score (nSPS) is 16.5. The first-order valence-corrected chi connectivity index (χ1v) is 9.38. The Morgan fingerprint density at radius 3 is 2.85 bits per heavy atom. The lowest BCUT2D eigenvalue weighted by Gasteiger charge is -2.18. The molecule has 3 aromatic rings. The van der Waals surface area contributed by atoms with Gasteiger partial charge in [-0.2, -0.15) is 0 Å². The van der Waals surface area contributed by atoms with E-state index in [1.165, 1.54) is 5.69 Å². The summed E-state index contributed by atoms with van der Waals surface area (Å²) in [5, 5.41) is 7.47. The van der Waals surface area contributed by atoms with E-state index in [0.29, 0.717) is 23.2 Å². The topological polar surface area (TPSA) is 58.4 Å². The molecule has 1 aliphatic rings. The summed E-state index contributed by atoms with van der Waals surface area (Å²) in [5.41, 5.74) is 2.31. The van der Waals surface area contributed by atoms with Crippen LogP contribution in [0.15, 0.2) is 65.2 Å². The van der Waals surface area contributed by atoms with Gasteiger partial charge in [-0.25, -0.2) is 0 Å². The lowest BCUT2D eigenvalue weighted by molar-refractivity contribution is 0.0939. The average molecular weight is 382 g/mol. The molecular formula is C21H20ClN3O2. The Balaban J connectivity index is 1.33. The van der Waals surface area contributed by atoms with Crippen molar-refractivity contribution in [3.8, 4) is 11.3 Å². The third kappa shape index (κ3) is 4.14. The third-order valence-electron chi connectivity index (χ3n) is 4.81. The molecule has 0 radical (unpaired) electrons. The van der Waals surface area contributed by atoms with Crippen LogP contribution in [0.5, 0.6) is 0 Å². The van der Waals surface area contributed by atoms with Crippen LogP contribution in [0.1, 0.15) is 16.9 Å². The highest BCUT2D eigenvalue weighted by Crippen LogP contribution is 2.24. The molecule has 27 heavy (non-hydrogen) atoms. The van der Waals surface area contributed by atoms with Crippen molar-refractivity contribution in [3.05, 3.63) is 71.4 Å². The molecule has 1 aromatic heterocycles. The molecule has 1 aliphatic heterocycles. The first kappa shape index (κ1) is 17.6. The van der Waals surface area contributed by atoms with E-state index in [2.05, 4.69) is 27.5 Å². The number of amides is 1. The molecule has 6 heteroatoms. The van der Waals surface area contributed by atoms with E-state index in [0.717, 1.165) is 25.1 Å². The van der Waals surface area contributed by atoms with Crippen LogP contribution >= 0.6 is 11.6 Å². The lowest BCUT2D eigenvalue weighted by Crippen LogP contribution is -2.31. The smallest absolute Gasteiger partial charge is 0.273 e. The van der Waals surface area contributed by atoms with Gasteiger partial charge in [-0.3, -0.25) is 4.79 Å². The van der Waals surface area contributed by atoms with Gasteiger partial charge in [0.15, 0.2) is 11.5 Å². The second kappa shape index (κ2) is 7.84. The molecule has 1 fully saturated rings. The number of para-hydroxylation sites is 1. The third-order valence-corrected chi connectivity index (χ3v) is 5.05. The summed E-state index contributed by atoms with van der Waals surface area (Å²) in [6, 6.07) is 19.3. The Morgan fingerprint density at radius 2 is 2.04 bits per heavy atom. The maximum absolute atomic E-state index is 12.4. The summed E-state index contributed by atoms with van der Waals surface area (Å²) in [6.07, 6.45) is 1.06. The molecule has 138 valence electrons. The van der Waals surface area contributed by atoms with Crippen LogP contribution in [0.3, 0.4) is 0 Å². The molecule has 1 N–H and O–H groups in total. The molecule has 2 aromatic carbocycles. The second-order valence-corrected chi connectivity index (χ2v) is 7.17. The molecule has 1 saturated heterocycles. The quantitative estimate of drug-likeness (QED) is 0.717. The number of nitrogens with one attached hydrogen (secondary N) is 1. The van der Waals surface area contributed by atoms with Crippen LogP contribution in [0.4, 0.5) is 5.69 Å². The van der Waals surface area contributed by atoms with Gasteiger partial charge in [0.05, 0.1) is 0 Å². The van der Waals surface area contributed by atoms with Crippen molar-refractivity contribution in [2.24, 2.45) is 5.92 Å². The van der Waals surface area contributed by atoms with Crippen LogP contribution in [0, 0.1) is 5.92 Å². The minimum atomic E-state index is -0.217. The van der Waals surface area contributed by atoms with E-state index in [1.807, 2.05) is 30.3 Å². The Kier molecular flexibility index (Phi) is 5.12. The molecule has 0 bridgehead atoms. The van der Waals surface area contributed by atoms with Crippen molar-refractivity contribution in [2.45, 2.75) is 6.42 Å². The van der Waals surface area contributed by atoms with E-state index in [1.54, 1.807) is 18.2 Å². The molecule has 5 nitrogen and oxygen atoms in total. The standard InChI is InChI=1S/C21H20ClN3O2/c22-17-6-4-5-16(11-17)20-12-19(24-27-20)21(26)23-13-15-9-10-25(14-15)18-7-2-1-3-8-18/h1-8,11-12,15H,9-10,13-14H2,(H,23,26). The number of rotatable bonds is 5. The Labute approximate surface area is 162 Å². The highest BCUT2D eigenvalue weighted by atomic mass is 35.5. The van der Waals surface area contributed by atoms with Crippen molar-refractivity contribution in [1.29, 1.82) is 0 Å². The van der Waals surface area contributed by atoms with Crippen LogP contribution in [-0.4, -0.2) is 30.7 Å². The van der Waals surface area contributed by atoms with Gasteiger partial charge in [0, 0.05) is 42.0 Å². The zero-order valence-corrected chi connectivity index (χ0v) is 15.5. The highest BCUT2D eigenvalue weighted by molar-refractivity contribution is 6.30. The second-order valence-electron chi connectivity index (χ2n) is 6.73. The molecule has 4 rings (SSSR count). The predicted molar refractivity (Wildman–Crippen MR) is 106 cm³/mol. The number of aromatic nitrogens is 1. The SMILES string of the molecule is O=C(NCC1CCN(c2ccccc2)C1)c1cc(-c2cccc(Cl)c2)on1. The first-order chi connectivity index (χ1) is 13.2. The van der Waals surface area contributed by atoms with Crippen LogP contribution in [0.2, 0.25) is 5.02 Å². The van der Waals surface area contributed by atoms with Gasteiger partial charge >= 0.3 is 0 Å². The molecule has 1 amide bonds. The molecule has 1 atom stereocenters. The molecule has 0 saturated carbocycles. The van der Waals surface area contributed by atoms with Crippen molar-refractivity contribution >= 4 is 23.2 Å². The van der Waals surface area contributed by atoms with Crippen LogP contribution in [0.25, 0.3) is 11.3 Å². The molecule has 2 heterocycles. The van der Waals surface area contributed by atoms with Crippen molar-refractivity contribution < 1.29 is 9.32 Å². The number of carbonyl (C=O) groups excluding carboxylic acids is 1. The molecule has 0 spiro atoms. The van der Waals surface area contributed by atoms with Crippen molar-refractivity contribution in [2.75, 3.05) is 24.5 Å². The summed E-state index contributed by atoms with van der Waals surface area (Å²) in [5.74, 6) is 0.734. The highest BCUT2D eigenvalue weighted by Gasteiger charge is 2.23. The summed E-state index contributed by atoms with van der Waals surface area (Å²) < 4.78 is 5.30. The van der Waals surface area contributed by atoms with Crippen molar-refractivity contribution in [3.63, 3.8) is 0 Å². The monoisotopic (exact) mass is 381 g/mol. The van der Waals surface area contributed by atoms with E-state index >= 15 is 0 Å². The van der Waals surface area contributed by atoms with Gasteiger partial charge in [-0.15, -0.1) is 0 Å². The van der Waals surface area contributed by atoms with Crippen molar-refractivity contribution in [1.82, 2.24) is 10.5 Å². The fourth-order valence-corrected chi connectivity index (χ4v) is 3.55. The van der Waals surface area contributed by atoms with Gasteiger partial charge in [0.25, 0.3) is 5.91 Å². The van der Waals surface area contributed by atoms with E-state index < -0.39 is 0 Å². The van der Waals surface area contributed by atoms with Gasteiger partial charge in [-0.05, 0) is 36.6 Å². The minimum Gasteiger partial charge on any atom is -0.371 e. The average Bonchev–Trinajstić information content (AvgIpc) is 3.37. The van der Waals surface area contributed by atoms with Crippen LogP contribution in [-0.2, 0) is 0 Å². The van der Waals surface area contributed by atoms with Crippen LogP contribution < -0.4 is 10.2 Å². The number of benzene rings is 2. The number of halogens is 1. The molecule has 0 aliphatic carbocycles. The summed E-state index contributed by atoms with van der Waals surface area (Å²) in [4.78, 5) is 14.7. The number of anilines is 1. The fraction of sp³-hybridized carbons (Fsp3) is 0.238.